The van der Waals surface area contributed by atoms with Crippen LogP contribution < -0.4 is 5.73 Å². The Bertz CT molecular complexity index is 294. The third-order valence-corrected chi connectivity index (χ3v) is 3.64. The minimum absolute atomic E-state index is 0.120. The minimum Gasteiger partial charge on any atom is -0.383 e. The van der Waals surface area contributed by atoms with Crippen LogP contribution in [0.15, 0.2) is 0 Å². The molecule has 0 bridgehead atoms. The van der Waals surface area contributed by atoms with Crippen LogP contribution >= 0.6 is 11.3 Å². The number of rotatable bonds is 1. The van der Waals surface area contributed by atoms with Gasteiger partial charge in [-0.05, 0) is 5.41 Å². The van der Waals surface area contributed by atoms with Crippen LogP contribution in [0.1, 0.15) is 50.4 Å². The number of aromatic nitrogens is 1. The maximum atomic E-state index is 5.86. The van der Waals surface area contributed by atoms with Gasteiger partial charge in [-0.1, -0.05) is 34.6 Å². The number of nitrogens with two attached hydrogens (primary N) is 1. The van der Waals surface area contributed by atoms with Crippen molar-refractivity contribution in [3.05, 3.63) is 9.88 Å². The molecule has 0 aliphatic rings. The standard InChI is InChI=1S/C10H18N2S/c1-6(2)9-12-8(11)7(13-9)10(3,4)5/h6H,11H2,1-5H3. The van der Waals surface area contributed by atoms with Crippen molar-refractivity contribution in [3.63, 3.8) is 0 Å². The first kappa shape index (κ1) is 10.5. The van der Waals surface area contributed by atoms with Gasteiger partial charge in [0.2, 0.25) is 0 Å². The smallest absolute Gasteiger partial charge is 0.138 e. The lowest BCUT2D eigenvalue weighted by Crippen LogP contribution is -2.11. The molecule has 0 amide bonds. The molecule has 0 radical (unpaired) electrons. The molecule has 1 aromatic heterocycles. The van der Waals surface area contributed by atoms with E-state index in [1.807, 2.05) is 0 Å². The first-order chi connectivity index (χ1) is 5.82. The molecule has 0 unspecified atom stereocenters. The van der Waals surface area contributed by atoms with Crippen molar-refractivity contribution in [2.24, 2.45) is 0 Å². The topological polar surface area (TPSA) is 38.9 Å². The maximum Gasteiger partial charge on any atom is 0.138 e. The first-order valence-corrected chi connectivity index (χ1v) is 5.40. The molecule has 13 heavy (non-hydrogen) atoms. The number of nitrogen functional groups attached to an aromatic ring is 1. The van der Waals surface area contributed by atoms with Gasteiger partial charge in [0.25, 0.3) is 0 Å². The lowest BCUT2D eigenvalue weighted by Gasteiger charge is -2.15. The van der Waals surface area contributed by atoms with E-state index < -0.39 is 0 Å². The summed E-state index contributed by atoms with van der Waals surface area (Å²) in [5.41, 5.74) is 5.98. The lowest BCUT2D eigenvalue weighted by atomic mass is 9.95. The molecule has 74 valence electrons. The predicted octanol–water partition coefficient (Wildman–Crippen LogP) is 3.15. The second-order valence-corrected chi connectivity index (χ2v) is 5.70. The Morgan fingerprint density at radius 3 is 2.08 bits per heavy atom. The average molecular weight is 198 g/mol. The SMILES string of the molecule is CC(C)c1nc(N)c(C(C)(C)C)s1. The molecular formula is C10H18N2S. The van der Waals surface area contributed by atoms with Crippen molar-refractivity contribution < 1.29 is 0 Å². The van der Waals surface area contributed by atoms with Crippen LogP contribution in [0.3, 0.4) is 0 Å². The molecule has 0 saturated heterocycles. The van der Waals surface area contributed by atoms with Crippen LogP contribution in [-0.2, 0) is 5.41 Å². The monoisotopic (exact) mass is 198 g/mol. The summed E-state index contributed by atoms with van der Waals surface area (Å²) >= 11 is 1.74. The lowest BCUT2D eigenvalue weighted by molar-refractivity contribution is 0.605. The van der Waals surface area contributed by atoms with Gasteiger partial charge >= 0.3 is 0 Å². The van der Waals surface area contributed by atoms with Crippen molar-refractivity contribution in [2.45, 2.75) is 46.0 Å². The molecule has 0 atom stereocenters. The highest BCUT2D eigenvalue weighted by molar-refractivity contribution is 7.12. The Morgan fingerprint density at radius 2 is 1.85 bits per heavy atom. The molecule has 0 fully saturated rings. The Kier molecular flexibility index (Phi) is 2.66. The van der Waals surface area contributed by atoms with Crippen LogP contribution in [0.5, 0.6) is 0 Å². The summed E-state index contributed by atoms with van der Waals surface area (Å²) in [6.45, 7) is 10.8. The molecule has 1 heterocycles. The van der Waals surface area contributed by atoms with E-state index in [1.165, 1.54) is 4.88 Å². The van der Waals surface area contributed by atoms with E-state index in [4.69, 9.17) is 5.73 Å². The summed E-state index contributed by atoms with van der Waals surface area (Å²) in [6, 6.07) is 0. The maximum absolute atomic E-state index is 5.86. The van der Waals surface area contributed by atoms with Gasteiger partial charge in [-0.15, -0.1) is 11.3 Å². The van der Waals surface area contributed by atoms with E-state index in [-0.39, 0.29) is 5.41 Å². The fourth-order valence-electron chi connectivity index (χ4n) is 1.13. The highest BCUT2D eigenvalue weighted by Crippen LogP contribution is 2.35. The van der Waals surface area contributed by atoms with Crippen molar-refractivity contribution in [1.29, 1.82) is 0 Å². The summed E-state index contributed by atoms with van der Waals surface area (Å²) < 4.78 is 0. The molecule has 1 rings (SSSR count). The van der Waals surface area contributed by atoms with Gasteiger partial charge in [0.1, 0.15) is 5.82 Å². The zero-order valence-corrected chi connectivity index (χ0v) is 9.83. The van der Waals surface area contributed by atoms with Crippen molar-refractivity contribution in [2.75, 3.05) is 5.73 Å². The fourth-order valence-corrected chi connectivity index (χ4v) is 2.18. The Hall–Kier alpha value is -0.570. The molecule has 3 heteroatoms. The average Bonchev–Trinajstić information content (AvgIpc) is 2.29. The van der Waals surface area contributed by atoms with Gasteiger partial charge in [0.15, 0.2) is 0 Å². The van der Waals surface area contributed by atoms with Crippen molar-refractivity contribution >= 4 is 17.2 Å². The molecule has 0 aromatic carbocycles. The number of anilines is 1. The highest BCUT2D eigenvalue weighted by Gasteiger charge is 2.22. The van der Waals surface area contributed by atoms with Gasteiger partial charge in [-0.25, -0.2) is 4.98 Å². The summed E-state index contributed by atoms with van der Waals surface area (Å²) in [7, 11) is 0. The second-order valence-electron chi connectivity index (χ2n) is 4.67. The minimum atomic E-state index is 0.120. The second kappa shape index (κ2) is 3.29. The van der Waals surface area contributed by atoms with E-state index in [0.29, 0.717) is 11.7 Å². The summed E-state index contributed by atoms with van der Waals surface area (Å²) in [6.07, 6.45) is 0. The third kappa shape index (κ3) is 2.21. The summed E-state index contributed by atoms with van der Waals surface area (Å²) in [5, 5.41) is 1.14. The largest absolute Gasteiger partial charge is 0.383 e. The Morgan fingerprint density at radius 1 is 1.31 bits per heavy atom. The van der Waals surface area contributed by atoms with Crippen LogP contribution in [0.2, 0.25) is 0 Å². The van der Waals surface area contributed by atoms with E-state index in [1.54, 1.807) is 11.3 Å². The van der Waals surface area contributed by atoms with Crippen molar-refractivity contribution in [3.8, 4) is 0 Å². The number of hydrogen-bond acceptors (Lipinski definition) is 3. The zero-order valence-electron chi connectivity index (χ0n) is 9.01. The van der Waals surface area contributed by atoms with Gasteiger partial charge in [0, 0.05) is 5.92 Å². The van der Waals surface area contributed by atoms with E-state index in [2.05, 4.69) is 39.6 Å². The van der Waals surface area contributed by atoms with Gasteiger partial charge < -0.3 is 5.73 Å². The highest BCUT2D eigenvalue weighted by atomic mass is 32.1. The van der Waals surface area contributed by atoms with Gasteiger partial charge in [-0.3, -0.25) is 0 Å². The summed E-state index contributed by atoms with van der Waals surface area (Å²) in [4.78, 5) is 5.58. The van der Waals surface area contributed by atoms with Crippen LogP contribution in [0, 0.1) is 0 Å². The zero-order chi connectivity index (χ0) is 10.2. The van der Waals surface area contributed by atoms with E-state index >= 15 is 0 Å². The van der Waals surface area contributed by atoms with Crippen molar-refractivity contribution in [1.82, 2.24) is 4.98 Å². The normalized spacial score (nSPS) is 12.5. The predicted molar refractivity (Wildman–Crippen MR) is 59.3 cm³/mol. The molecule has 2 nitrogen and oxygen atoms in total. The fraction of sp³-hybridized carbons (Fsp3) is 0.700. The third-order valence-electron chi connectivity index (χ3n) is 1.85. The van der Waals surface area contributed by atoms with Crippen LogP contribution in [-0.4, -0.2) is 4.98 Å². The molecule has 0 saturated carbocycles. The van der Waals surface area contributed by atoms with Crippen LogP contribution in [0.25, 0.3) is 0 Å². The Balaban J connectivity index is 3.11. The molecular weight excluding hydrogens is 180 g/mol. The number of hydrogen-bond donors (Lipinski definition) is 1. The Labute approximate surface area is 84.2 Å². The molecule has 0 aliphatic heterocycles. The number of nitrogens with zero attached hydrogens (tertiary/aromatic N) is 1. The molecule has 0 aliphatic carbocycles. The molecule has 2 N–H and O–H groups in total. The van der Waals surface area contributed by atoms with Crippen LogP contribution in [0.4, 0.5) is 5.82 Å². The number of thiazole rings is 1. The summed E-state index contributed by atoms with van der Waals surface area (Å²) in [5.74, 6) is 1.18. The molecule has 1 aromatic rings. The quantitative estimate of drug-likeness (QED) is 0.753. The van der Waals surface area contributed by atoms with E-state index in [9.17, 15) is 0 Å². The first-order valence-electron chi connectivity index (χ1n) is 4.59. The van der Waals surface area contributed by atoms with E-state index in [0.717, 1.165) is 5.01 Å². The van der Waals surface area contributed by atoms with Gasteiger partial charge in [-0.2, -0.15) is 0 Å². The van der Waals surface area contributed by atoms with Gasteiger partial charge in [0.05, 0.1) is 9.88 Å². The molecule has 0 spiro atoms.